The average Bonchev–Trinajstić information content (AvgIpc) is 3.39. The van der Waals surface area contributed by atoms with Crippen molar-refractivity contribution in [1.29, 1.82) is 5.26 Å². The van der Waals surface area contributed by atoms with Gasteiger partial charge in [0.2, 0.25) is 0 Å². The molecule has 0 amide bonds. The molecule has 5 heteroatoms. The van der Waals surface area contributed by atoms with Crippen LogP contribution in [0.4, 0.5) is 5.82 Å². The van der Waals surface area contributed by atoms with Gasteiger partial charge in [-0.25, -0.2) is 9.97 Å². The Morgan fingerprint density at radius 3 is 3.05 bits per heavy atom. The van der Waals surface area contributed by atoms with Gasteiger partial charge in [0.25, 0.3) is 0 Å². The first-order valence-electron chi connectivity index (χ1n) is 7.83. The van der Waals surface area contributed by atoms with Gasteiger partial charge in [0.1, 0.15) is 11.9 Å². The molecule has 1 unspecified atom stereocenters. The minimum atomic E-state index is -0.619. The van der Waals surface area contributed by atoms with Crippen molar-refractivity contribution in [2.24, 2.45) is 5.92 Å². The van der Waals surface area contributed by atoms with E-state index in [0.29, 0.717) is 29.5 Å². The van der Waals surface area contributed by atoms with Gasteiger partial charge in [-0.2, -0.15) is 5.26 Å². The molecule has 1 N–H and O–H groups in total. The van der Waals surface area contributed by atoms with Crippen LogP contribution in [0.15, 0.2) is 24.4 Å². The van der Waals surface area contributed by atoms with Crippen molar-refractivity contribution < 1.29 is 5.11 Å². The molecular formula is C17H18N4O. The van der Waals surface area contributed by atoms with Gasteiger partial charge < -0.3 is 10.0 Å². The number of nitriles is 1. The van der Waals surface area contributed by atoms with E-state index in [1.807, 2.05) is 18.2 Å². The van der Waals surface area contributed by atoms with Crippen LogP contribution in [0.1, 0.15) is 31.2 Å². The van der Waals surface area contributed by atoms with Crippen molar-refractivity contribution in [1.82, 2.24) is 9.97 Å². The molecule has 2 aliphatic rings. The summed E-state index contributed by atoms with van der Waals surface area (Å²) in [5.41, 5.74) is 0.587. The van der Waals surface area contributed by atoms with Crippen LogP contribution in [0.25, 0.3) is 11.0 Å². The predicted molar refractivity (Wildman–Crippen MR) is 83.4 cm³/mol. The largest absolute Gasteiger partial charge is 0.388 e. The molecule has 0 radical (unpaired) electrons. The standard InChI is InChI=1S/C17H18N4O/c18-10-13-9-12-3-1-7-19-15(12)20-16(13)21-8-2-6-17(22,11-21)14-4-5-14/h1,3,7,9,14,22H,2,4-6,8,11H2. The molecule has 0 bridgehead atoms. The third-order valence-corrected chi connectivity index (χ3v) is 4.83. The maximum atomic E-state index is 10.9. The van der Waals surface area contributed by atoms with Crippen LogP contribution in [-0.2, 0) is 0 Å². The third kappa shape index (κ3) is 2.20. The molecule has 0 aromatic carbocycles. The monoisotopic (exact) mass is 294 g/mol. The zero-order valence-corrected chi connectivity index (χ0v) is 12.4. The normalized spacial score (nSPS) is 25.2. The van der Waals surface area contributed by atoms with E-state index in [-0.39, 0.29) is 0 Å². The lowest BCUT2D eigenvalue weighted by molar-refractivity contribution is 0.00422. The molecule has 3 heterocycles. The van der Waals surface area contributed by atoms with Crippen molar-refractivity contribution in [2.75, 3.05) is 18.0 Å². The quantitative estimate of drug-likeness (QED) is 0.919. The number of piperidine rings is 1. The van der Waals surface area contributed by atoms with Gasteiger partial charge >= 0.3 is 0 Å². The summed E-state index contributed by atoms with van der Waals surface area (Å²) in [5, 5.41) is 21.2. The molecule has 22 heavy (non-hydrogen) atoms. The number of aliphatic hydroxyl groups is 1. The van der Waals surface area contributed by atoms with Gasteiger partial charge in [-0.15, -0.1) is 0 Å². The molecule has 4 rings (SSSR count). The zero-order valence-electron chi connectivity index (χ0n) is 12.4. The summed E-state index contributed by atoms with van der Waals surface area (Å²) in [6.45, 7) is 1.40. The molecule has 1 aliphatic heterocycles. The first-order valence-corrected chi connectivity index (χ1v) is 7.83. The fourth-order valence-electron chi connectivity index (χ4n) is 3.52. The topological polar surface area (TPSA) is 73.0 Å². The Bertz CT molecular complexity index is 765. The van der Waals surface area contributed by atoms with Crippen LogP contribution in [0.5, 0.6) is 0 Å². The second-order valence-corrected chi connectivity index (χ2v) is 6.42. The summed E-state index contributed by atoms with van der Waals surface area (Å²) < 4.78 is 0. The maximum Gasteiger partial charge on any atom is 0.161 e. The first-order chi connectivity index (χ1) is 10.7. The van der Waals surface area contributed by atoms with E-state index in [4.69, 9.17) is 0 Å². The molecule has 1 aliphatic carbocycles. The van der Waals surface area contributed by atoms with E-state index in [1.165, 1.54) is 0 Å². The van der Waals surface area contributed by atoms with E-state index in [0.717, 1.165) is 37.6 Å². The Kier molecular flexibility index (Phi) is 3.02. The highest BCUT2D eigenvalue weighted by Gasteiger charge is 2.46. The van der Waals surface area contributed by atoms with Crippen LogP contribution in [-0.4, -0.2) is 33.8 Å². The summed E-state index contributed by atoms with van der Waals surface area (Å²) in [5.74, 6) is 1.08. The first kappa shape index (κ1) is 13.5. The minimum Gasteiger partial charge on any atom is -0.388 e. The van der Waals surface area contributed by atoms with E-state index < -0.39 is 5.60 Å². The number of aromatic nitrogens is 2. The fraction of sp³-hybridized carbons (Fsp3) is 0.471. The molecule has 112 valence electrons. The molecule has 2 aromatic rings. The molecule has 2 fully saturated rings. The number of fused-ring (bicyclic) bond motifs is 1. The van der Waals surface area contributed by atoms with Crippen molar-refractivity contribution in [3.8, 4) is 6.07 Å². The van der Waals surface area contributed by atoms with Crippen LogP contribution < -0.4 is 4.90 Å². The summed E-state index contributed by atoms with van der Waals surface area (Å²) in [7, 11) is 0. The molecule has 2 aromatic heterocycles. The highest BCUT2D eigenvalue weighted by molar-refractivity contribution is 5.79. The van der Waals surface area contributed by atoms with Gasteiger partial charge in [0, 0.05) is 24.7 Å². The Balaban J connectivity index is 1.74. The summed E-state index contributed by atoms with van der Waals surface area (Å²) in [4.78, 5) is 10.9. The van der Waals surface area contributed by atoms with Gasteiger partial charge in [0.15, 0.2) is 5.65 Å². The average molecular weight is 294 g/mol. The fourth-order valence-corrected chi connectivity index (χ4v) is 3.52. The lowest BCUT2D eigenvalue weighted by atomic mass is 9.88. The van der Waals surface area contributed by atoms with Crippen LogP contribution in [0, 0.1) is 17.2 Å². The molecule has 0 spiro atoms. The smallest absolute Gasteiger partial charge is 0.161 e. The van der Waals surface area contributed by atoms with Crippen LogP contribution in [0.2, 0.25) is 0 Å². The Hall–Kier alpha value is -2.19. The number of pyridine rings is 2. The SMILES string of the molecule is N#Cc1cc2cccnc2nc1N1CCCC(O)(C2CC2)C1. The van der Waals surface area contributed by atoms with Gasteiger partial charge in [-0.1, -0.05) is 0 Å². The van der Waals surface area contributed by atoms with Crippen LogP contribution in [0.3, 0.4) is 0 Å². The lowest BCUT2D eigenvalue weighted by Gasteiger charge is -2.40. The lowest BCUT2D eigenvalue weighted by Crippen LogP contribution is -2.50. The Morgan fingerprint density at radius 1 is 1.41 bits per heavy atom. The third-order valence-electron chi connectivity index (χ3n) is 4.83. The van der Waals surface area contributed by atoms with E-state index in [1.54, 1.807) is 6.20 Å². The molecule has 1 saturated heterocycles. The van der Waals surface area contributed by atoms with Crippen molar-refractivity contribution >= 4 is 16.9 Å². The van der Waals surface area contributed by atoms with Crippen LogP contribution >= 0.6 is 0 Å². The number of nitrogens with zero attached hydrogens (tertiary/aromatic N) is 4. The number of β-amino-alcohol motifs (C(OH)–C–C–N with tert-alkyl or cyclic N) is 1. The van der Waals surface area contributed by atoms with E-state index in [9.17, 15) is 10.4 Å². The molecule has 1 saturated carbocycles. The van der Waals surface area contributed by atoms with Gasteiger partial charge in [-0.3, -0.25) is 0 Å². The van der Waals surface area contributed by atoms with E-state index in [2.05, 4.69) is 20.9 Å². The van der Waals surface area contributed by atoms with Crippen molar-refractivity contribution in [3.05, 3.63) is 30.0 Å². The summed E-state index contributed by atoms with van der Waals surface area (Å²) in [6, 6.07) is 7.84. The number of hydrogen-bond donors (Lipinski definition) is 1. The summed E-state index contributed by atoms with van der Waals surface area (Å²) in [6.07, 6.45) is 5.72. The second-order valence-electron chi connectivity index (χ2n) is 6.42. The zero-order chi connectivity index (χ0) is 15.2. The molecule has 1 atom stereocenters. The highest BCUT2D eigenvalue weighted by atomic mass is 16.3. The maximum absolute atomic E-state index is 10.9. The Labute approximate surface area is 129 Å². The number of anilines is 1. The number of hydrogen-bond acceptors (Lipinski definition) is 5. The minimum absolute atomic E-state index is 0.416. The van der Waals surface area contributed by atoms with Crippen molar-refractivity contribution in [2.45, 2.75) is 31.3 Å². The number of rotatable bonds is 2. The van der Waals surface area contributed by atoms with Crippen molar-refractivity contribution in [3.63, 3.8) is 0 Å². The second kappa shape index (κ2) is 4.92. The predicted octanol–water partition coefficient (Wildman–Crippen LogP) is 2.24. The Morgan fingerprint density at radius 2 is 2.27 bits per heavy atom. The van der Waals surface area contributed by atoms with Gasteiger partial charge in [-0.05, 0) is 49.8 Å². The highest BCUT2D eigenvalue weighted by Crippen LogP contribution is 2.44. The molecular weight excluding hydrogens is 276 g/mol. The molecule has 5 nitrogen and oxygen atoms in total. The van der Waals surface area contributed by atoms with E-state index >= 15 is 0 Å². The summed E-state index contributed by atoms with van der Waals surface area (Å²) >= 11 is 0. The van der Waals surface area contributed by atoms with Gasteiger partial charge in [0.05, 0.1) is 11.2 Å².